The first kappa shape index (κ1) is 11.5. The molecule has 2 rings (SSSR count). The molecule has 1 aliphatic carbocycles. The van der Waals surface area contributed by atoms with E-state index in [1.54, 1.807) is 6.20 Å². The van der Waals surface area contributed by atoms with Crippen LogP contribution in [0.25, 0.3) is 12.2 Å². The highest BCUT2D eigenvalue weighted by molar-refractivity contribution is 6.27. The van der Waals surface area contributed by atoms with E-state index in [9.17, 15) is 0 Å². The van der Waals surface area contributed by atoms with Gasteiger partial charge in [0.1, 0.15) is 5.00 Å². The first-order chi connectivity index (χ1) is 6.23. The Kier molecular flexibility index (Phi) is 3.50. The fraction of sp³-hybridized carbons (Fsp3) is 0.222. The van der Waals surface area contributed by atoms with Gasteiger partial charge in [0, 0.05) is 12.6 Å². The second kappa shape index (κ2) is 4.28. The normalized spacial score (nSPS) is 23.9. The standard InChI is InChI=1S/C9H10ClN3.ClH/c10-9(13-11)4-3-7-2-1-5-12-8(7)6-9;/h1-3,5-6,13H,4,11H2;1H. The topological polar surface area (TPSA) is 50.9 Å². The predicted octanol–water partition coefficient (Wildman–Crippen LogP) is -0.134. The summed E-state index contributed by atoms with van der Waals surface area (Å²) in [6.45, 7) is 0. The molecule has 0 saturated carbocycles. The van der Waals surface area contributed by atoms with Crippen molar-refractivity contribution >= 4 is 36.2 Å². The van der Waals surface area contributed by atoms with E-state index in [-0.39, 0.29) is 12.4 Å². The fourth-order valence-corrected chi connectivity index (χ4v) is 1.54. The summed E-state index contributed by atoms with van der Waals surface area (Å²) in [4.78, 5) is 3.52. The van der Waals surface area contributed by atoms with E-state index in [1.165, 1.54) is 0 Å². The van der Waals surface area contributed by atoms with Crippen LogP contribution in [0.15, 0.2) is 18.3 Å². The average molecular weight is 232 g/mol. The van der Waals surface area contributed by atoms with Crippen molar-refractivity contribution in [2.24, 2.45) is 5.84 Å². The van der Waals surface area contributed by atoms with E-state index in [4.69, 9.17) is 17.4 Å². The number of aromatic nitrogens is 1. The number of rotatable bonds is 1. The van der Waals surface area contributed by atoms with E-state index in [1.807, 2.05) is 24.3 Å². The molecule has 0 amide bonds. The molecule has 1 aliphatic rings. The van der Waals surface area contributed by atoms with Crippen molar-refractivity contribution in [1.29, 1.82) is 0 Å². The van der Waals surface area contributed by atoms with Crippen molar-refractivity contribution in [3.8, 4) is 0 Å². The summed E-state index contributed by atoms with van der Waals surface area (Å²) < 4.78 is 0. The van der Waals surface area contributed by atoms with E-state index < -0.39 is 5.00 Å². The van der Waals surface area contributed by atoms with E-state index in [0.29, 0.717) is 6.42 Å². The summed E-state index contributed by atoms with van der Waals surface area (Å²) in [6.07, 6.45) is 6.27. The van der Waals surface area contributed by atoms with Crippen molar-refractivity contribution in [1.82, 2.24) is 10.4 Å². The number of hydrazine groups is 1. The molecular weight excluding hydrogens is 221 g/mol. The van der Waals surface area contributed by atoms with Crippen LogP contribution in [0.2, 0.25) is 0 Å². The Hall–Kier alpha value is -0.610. The Morgan fingerprint density at radius 1 is 1.57 bits per heavy atom. The van der Waals surface area contributed by atoms with Crippen LogP contribution in [-0.4, -0.2) is 9.98 Å². The molecule has 0 radical (unpaired) electrons. The average Bonchev–Trinajstić information content (AvgIpc) is 2.18. The van der Waals surface area contributed by atoms with Crippen molar-refractivity contribution in [3.63, 3.8) is 0 Å². The van der Waals surface area contributed by atoms with Crippen LogP contribution in [0.4, 0.5) is 0 Å². The third-order valence-electron chi connectivity index (χ3n) is 2.10. The lowest BCUT2D eigenvalue weighted by Gasteiger charge is -2.22. The zero-order chi connectivity index (χ0) is 9.31. The predicted molar refractivity (Wildman–Crippen MR) is 60.2 cm³/mol. The molecule has 1 aromatic rings. The molecule has 0 saturated heterocycles. The van der Waals surface area contributed by atoms with Gasteiger partial charge in [-0.1, -0.05) is 23.7 Å². The molecule has 0 bridgehead atoms. The van der Waals surface area contributed by atoms with Gasteiger partial charge >= 0.3 is 0 Å². The van der Waals surface area contributed by atoms with Crippen LogP contribution in [-0.2, 0) is 0 Å². The molecule has 0 fully saturated rings. The number of nitrogens with two attached hydrogens (primary N) is 1. The quantitative estimate of drug-likeness (QED) is 0.307. The first-order valence-electron chi connectivity index (χ1n) is 4.04. The van der Waals surface area contributed by atoms with Crippen molar-refractivity contribution in [2.45, 2.75) is 11.4 Å². The highest BCUT2D eigenvalue weighted by Crippen LogP contribution is 2.18. The lowest BCUT2D eigenvalue weighted by Crippen LogP contribution is -2.48. The third kappa shape index (κ3) is 2.07. The molecule has 0 aromatic carbocycles. The fourth-order valence-electron chi connectivity index (χ4n) is 1.36. The monoisotopic (exact) mass is 231 g/mol. The van der Waals surface area contributed by atoms with Gasteiger partial charge in [0.2, 0.25) is 0 Å². The zero-order valence-electron chi connectivity index (χ0n) is 7.40. The van der Waals surface area contributed by atoms with Crippen LogP contribution in [0, 0.1) is 0 Å². The molecule has 0 aliphatic heterocycles. The highest BCUT2D eigenvalue weighted by atomic mass is 35.5. The number of halogens is 2. The Bertz CT molecular complexity index is 432. The number of fused-ring (bicyclic) bond motifs is 1. The van der Waals surface area contributed by atoms with Gasteiger partial charge in [0.25, 0.3) is 0 Å². The first-order valence-corrected chi connectivity index (χ1v) is 4.42. The third-order valence-corrected chi connectivity index (χ3v) is 2.47. The van der Waals surface area contributed by atoms with E-state index >= 15 is 0 Å². The number of hydrogen-bond donors (Lipinski definition) is 2. The summed E-state index contributed by atoms with van der Waals surface area (Å²) in [5, 5.41) is 1.98. The summed E-state index contributed by atoms with van der Waals surface area (Å²) >= 11 is 6.12. The molecule has 1 aromatic heterocycles. The van der Waals surface area contributed by atoms with Gasteiger partial charge < -0.3 is 0 Å². The number of nitrogens with one attached hydrogen (secondary N) is 1. The maximum atomic E-state index is 6.12. The van der Waals surface area contributed by atoms with Gasteiger partial charge in [-0.15, -0.1) is 12.4 Å². The van der Waals surface area contributed by atoms with Gasteiger partial charge in [-0.3, -0.25) is 10.8 Å². The van der Waals surface area contributed by atoms with Crippen molar-refractivity contribution in [2.75, 3.05) is 0 Å². The van der Waals surface area contributed by atoms with E-state index in [2.05, 4.69) is 10.4 Å². The molecule has 1 unspecified atom stereocenters. The van der Waals surface area contributed by atoms with Gasteiger partial charge in [-0.2, -0.15) is 0 Å². The van der Waals surface area contributed by atoms with Gasteiger partial charge in [0.15, 0.2) is 0 Å². The lowest BCUT2D eigenvalue weighted by atomic mass is 10.1. The second-order valence-electron chi connectivity index (χ2n) is 3.04. The van der Waals surface area contributed by atoms with Crippen molar-refractivity contribution < 1.29 is 0 Å². The molecule has 14 heavy (non-hydrogen) atoms. The van der Waals surface area contributed by atoms with Gasteiger partial charge in [-0.25, -0.2) is 5.43 Å². The molecular formula is C9H11Cl2N3. The summed E-state index contributed by atoms with van der Waals surface area (Å²) in [6, 6.07) is 3.91. The summed E-state index contributed by atoms with van der Waals surface area (Å²) in [5.74, 6) is 5.33. The van der Waals surface area contributed by atoms with Gasteiger partial charge in [-0.05, 0) is 17.4 Å². The second-order valence-corrected chi connectivity index (χ2v) is 3.71. The minimum Gasteiger partial charge on any atom is -0.270 e. The Morgan fingerprint density at radius 2 is 2.36 bits per heavy atom. The maximum absolute atomic E-state index is 6.12. The minimum absolute atomic E-state index is 0. The highest BCUT2D eigenvalue weighted by Gasteiger charge is 2.22. The molecule has 76 valence electrons. The van der Waals surface area contributed by atoms with E-state index in [0.717, 1.165) is 10.6 Å². The van der Waals surface area contributed by atoms with Gasteiger partial charge in [0.05, 0.1) is 5.35 Å². The Balaban J connectivity index is 0.000000980. The number of hydrogen-bond acceptors (Lipinski definition) is 3. The largest absolute Gasteiger partial charge is 0.270 e. The van der Waals surface area contributed by atoms with Crippen LogP contribution in [0.5, 0.6) is 0 Å². The van der Waals surface area contributed by atoms with Crippen LogP contribution in [0.1, 0.15) is 6.42 Å². The smallest absolute Gasteiger partial charge is 0.130 e. The molecule has 3 nitrogen and oxygen atoms in total. The summed E-state index contributed by atoms with van der Waals surface area (Å²) in [5.41, 5.74) is 2.56. The number of nitrogens with zero attached hydrogens (tertiary/aromatic N) is 1. The summed E-state index contributed by atoms with van der Waals surface area (Å²) in [7, 11) is 0. The molecule has 1 heterocycles. The Labute approximate surface area is 93.0 Å². The molecule has 5 heteroatoms. The lowest BCUT2D eigenvalue weighted by molar-refractivity contribution is 0.597. The molecule has 3 N–H and O–H groups in total. The zero-order valence-corrected chi connectivity index (χ0v) is 8.98. The van der Waals surface area contributed by atoms with Crippen LogP contribution < -0.4 is 21.8 Å². The number of pyridine rings is 1. The maximum Gasteiger partial charge on any atom is 0.130 e. The van der Waals surface area contributed by atoms with Crippen molar-refractivity contribution in [3.05, 3.63) is 28.9 Å². The Morgan fingerprint density at radius 3 is 3.07 bits per heavy atom. The van der Waals surface area contributed by atoms with Crippen LogP contribution in [0.3, 0.4) is 0 Å². The SMILES string of the molecule is Cl.NNC1(Cl)C=c2ncccc2=CC1. The molecule has 0 spiro atoms. The molecule has 1 atom stereocenters. The van der Waals surface area contributed by atoms with Crippen LogP contribution >= 0.6 is 24.0 Å². The minimum atomic E-state index is -0.679. The number of alkyl halides is 1.